The van der Waals surface area contributed by atoms with Crippen molar-refractivity contribution in [2.45, 2.75) is 33.2 Å². The number of non-ortho nitro benzene ring substituents is 1. The minimum absolute atomic E-state index is 0.0841. The van der Waals surface area contributed by atoms with Crippen LogP contribution in [0.4, 0.5) is 11.4 Å². The Morgan fingerprint density at radius 1 is 1.34 bits per heavy atom. The van der Waals surface area contributed by atoms with E-state index in [1.807, 2.05) is 25.7 Å². The van der Waals surface area contributed by atoms with Crippen molar-refractivity contribution in [3.63, 3.8) is 0 Å². The fourth-order valence-corrected chi connectivity index (χ4v) is 3.03. The summed E-state index contributed by atoms with van der Waals surface area (Å²) in [6, 6.07) is 6.39. The quantitative estimate of drug-likeness (QED) is 0.220. The minimum atomic E-state index is -0.403. The SMILES string of the molecule is CCNC(=NCCNc1ccc([N+](=O)[O-])cc1)N(C)Cc1cn(C)nc1C(C)C. The average Bonchev–Trinajstić information content (AvgIpc) is 3.05. The number of rotatable bonds is 9. The maximum absolute atomic E-state index is 10.7. The van der Waals surface area contributed by atoms with Gasteiger partial charge < -0.3 is 15.5 Å². The predicted octanol–water partition coefficient (Wildman–Crippen LogP) is 2.96. The molecule has 9 nitrogen and oxygen atoms in total. The molecule has 2 aromatic rings. The summed E-state index contributed by atoms with van der Waals surface area (Å²) in [5, 5.41) is 21.8. The molecule has 0 aliphatic carbocycles. The van der Waals surface area contributed by atoms with Crippen LogP contribution in [0.15, 0.2) is 35.5 Å². The van der Waals surface area contributed by atoms with E-state index in [4.69, 9.17) is 0 Å². The Kier molecular flexibility index (Phi) is 7.99. The van der Waals surface area contributed by atoms with Gasteiger partial charge in [-0.3, -0.25) is 19.8 Å². The van der Waals surface area contributed by atoms with Gasteiger partial charge in [-0.25, -0.2) is 0 Å². The van der Waals surface area contributed by atoms with Gasteiger partial charge in [0.25, 0.3) is 5.69 Å². The first-order chi connectivity index (χ1) is 13.8. The Morgan fingerprint density at radius 3 is 2.62 bits per heavy atom. The van der Waals surface area contributed by atoms with Crippen molar-refractivity contribution in [3.05, 3.63) is 51.8 Å². The zero-order valence-corrected chi connectivity index (χ0v) is 17.8. The highest BCUT2D eigenvalue weighted by Gasteiger charge is 2.15. The standard InChI is InChI=1S/C20H31N7O2/c1-6-21-20(25(4)13-16-14-26(5)24-19(16)15(2)3)23-12-11-22-17-7-9-18(10-8-17)27(28)29/h7-10,14-15,22H,6,11-13H2,1-5H3,(H,21,23). The second kappa shape index (κ2) is 10.4. The molecule has 2 rings (SSSR count). The van der Waals surface area contributed by atoms with Crippen LogP contribution < -0.4 is 10.6 Å². The molecule has 0 saturated carbocycles. The first kappa shape index (κ1) is 22.2. The van der Waals surface area contributed by atoms with E-state index < -0.39 is 4.92 Å². The Hall–Kier alpha value is -3.10. The molecular weight excluding hydrogens is 370 g/mol. The van der Waals surface area contributed by atoms with Crippen LogP contribution in [0.1, 0.15) is 37.9 Å². The zero-order chi connectivity index (χ0) is 21.4. The molecule has 0 saturated heterocycles. The molecule has 0 aliphatic rings. The monoisotopic (exact) mass is 401 g/mol. The largest absolute Gasteiger partial charge is 0.383 e. The predicted molar refractivity (Wildman–Crippen MR) is 116 cm³/mol. The van der Waals surface area contributed by atoms with Gasteiger partial charge >= 0.3 is 0 Å². The summed E-state index contributed by atoms with van der Waals surface area (Å²) in [5.74, 6) is 1.20. The van der Waals surface area contributed by atoms with Crippen LogP contribution >= 0.6 is 0 Å². The lowest BCUT2D eigenvalue weighted by Gasteiger charge is -2.22. The molecule has 0 atom stereocenters. The van der Waals surface area contributed by atoms with Crippen molar-refractivity contribution in [3.8, 4) is 0 Å². The molecule has 0 amide bonds. The van der Waals surface area contributed by atoms with Crippen molar-refractivity contribution in [1.29, 1.82) is 0 Å². The Labute approximate surface area is 172 Å². The molecule has 1 heterocycles. The molecular formula is C20H31N7O2. The number of aromatic nitrogens is 2. The summed E-state index contributed by atoms with van der Waals surface area (Å²) >= 11 is 0. The molecule has 29 heavy (non-hydrogen) atoms. The van der Waals surface area contributed by atoms with Crippen LogP contribution in [0.3, 0.4) is 0 Å². The Morgan fingerprint density at radius 2 is 2.03 bits per heavy atom. The number of nitrogens with one attached hydrogen (secondary N) is 2. The third-order valence-electron chi connectivity index (χ3n) is 4.37. The number of aliphatic imine (C=N–C) groups is 1. The van der Waals surface area contributed by atoms with E-state index in [0.29, 0.717) is 19.0 Å². The molecule has 0 unspecified atom stereocenters. The lowest BCUT2D eigenvalue weighted by molar-refractivity contribution is -0.384. The van der Waals surface area contributed by atoms with E-state index in [1.165, 1.54) is 17.7 Å². The van der Waals surface area contributed by atoms with E-state index in [2.05, 4.69) is 45.7 Å². The topological polar surface area (TPSA) is 101 Å². The first-order valence-corrected chi connectivity index (χ1v) is 9.82. The third kappa shape index (κ3) is 6.48. The number of nitro groups is 1. The molecule has 0 radical (unpaired) electrons. The smallest absolute Gasteiger partial charge is 0.269 e. The van der Waals surface area contributed by atoms with E-state index in [9.17, 15) is 10.1 Å². The number of benzene rings is 1. The van der Waals surface area contributed by atoms with Crippen LogP contribution in [-0.2, 0) is 13.6 Å². The molecule has 158 valence electrons. The van der Waals surface area contributed by atoms with Gasteiger partial charge in [0.15, 0.2) is 5.96 Å². The number of guanidine groups is 1. The lowest BCUT2D eigenvalue weighted by Crippen LogP contribution is -2.39. The van der Waals surface area contributed by atoms with Gasteiger partial charge in [-0.15, -0.1) is 0 Å². The van der Waals surface area contributed by atoms with E-state index in [0.717, 1.165) is 30.4 Å². The van der Waals surface area contributed by atoms with E-state index >= 15 is 0 Å². The van der Waals surface area contributed by atoms with Gasteiger partial charge in [-0.1, -0.05) is 13.8 Å². The van der Waals surface area contributed by atoms with Crippen molar-refractivity contribution >= 4 is 17.3 Å². The molecule has 0 fully saturated rings. The molecule has 9 heteroatoms. The van der Waals surface area contributed by atoms with Crippen LogP contribution in [0, 0.1) is 10.1 Å². The molecule has 0 spiro atoms. The van der Waals surface area contributed by atoms with Crippen LogP contribution in [0.5, 0.6) is 0 Å². The average molecular weight is 402 g/mol. The normalized spacial score (nSPS) is 11.6. The molecule has 1 aromatic carbocycles. The fourth-order valence-electron chi connectivity index (χ4n) is 3.03. The number of nitrogens with zero attached hydrogens (tertiary/aromatic N) is 5. The van der Waals surface area contributed by atoms with Crippen molar-refractivity contribution in [1.82, 2.24) is 20.0 Å². The fraction of sp³-hybridized carbons (Fsp3) is 0.500. The summed E-state index contributed by atoms with van der Waals surface area (Å²) in [6.45, 7) is 9.05. The van der Waals surface area contributed by atoms with Gasteiger partial charge in [0.2, 0.25) is 0 Å². The first-order valence-electron chi connectivity index (χ1n) is 9.82. The summed E-state index contributed by atoms with van der Waals surface area (Å²) in [5.41, 5.74) is 3.22. The van der Waals surface area contributed by atoms with E-state index in [-0.39, 0.29) is 5.69 Å². The van der Waals surface area contributed by atoms with Crippen LogP contribution in [0.2, 0.25) is 0 Å². The lowest BCUT2D eigenvalue weighted by atomic mass is 10.1. The minimum Gasteiger partial charge on any atom is -0.383 e. The van der Waals surface area contributed by atoms with Gasteiger partial charge in [0, 0.05) is 63.3 Å². The highest BCUT2D eigenvalue weighted by molar-refractivity contribution is 5.79. The maximum atomic E-state index is 10.7. The zero-order valence-electron chi connectivity index (χ0n) is 17.8. The van der Waals surface area contributed by atoms with Crippen LogP contribution in [-0.4, -0.2) is 52.2 Å². The number of anilines is 1. The summed E-state index contributed by atoms with van der Waals surface area (Å²) < 4.78 is 1.86. The van der Waals surface area contributed by atoms with Crippen molar-refractivity contribution < 1.29 is 4.92 Å². The second-order valence-corrected chi connectivity index (χ2v) is 7.19. The number of hydrogen-bond donors (Lipinski definition) is 2. The Balaban J connectivity index is 1.95. The molecule has 0 aliphatic heterocycles. The van der Waals surface area contributed by atoms with E-state index in [1.54, 1.807) is 12.1 Å². The Bertz CT molecular complexity index is 828. The number of hydrogen-bond acceptors (Lipinski definition) is 5. The van der Waals surface area contributed by atoms with Crippen molar-refractivity contribution in [2.75, 3.05) is 32.0 Å². The van der Waals surface area contributed by atoms with Gasteiger partial charge in [0.05, 0.1) is 17.2 Å². The van der Waals surface area contributed by atoms with Gasteiger partial charge in [-0.05, 0) is 25.0 Å². The summed E-state index contributed by atoms with van der Waals surface area (Å²) in [7, 11) is 3.96. The second-order valence-electron chi connectivity index (χ2n) is 7.19. The van der Waals surface area contributed by atoms with Gasteiger partial charge in [0.1, 0.15) is 0 Å². The summed E-state index contributed by atoms with van der Waals surface area (Å²) in [6.07, 6.45) is 2.06. The molecule has 1 aromatic heterocycles. The molecule has 2 N–H and O–H groups in total. The number of aryl methyl sites for hydroxylation is 1. The number of nitro benzene ring substituents is 1. The molecule has 0 bridgehead atoms. The highest BCUT2D eigenvalue weighted by atomic mass is 16.6. The maximum Gasteiger partial charge on any atom is 0.269 e. The van der Waals surface area contributed by atoms with Gasteiger partial charge in [-0.2, -0.15) is 5.10 Å². The van der Waals surface area contributed by atoms with Crippen molar-refractivity contribution in [2.24, 2.45) is 12.0 Å². The van der Waals surface area contributed by atoms with Crippen LogP contribution in [0.25, 0.3) is 0 Å². The summed E-state index contributed by atoms with van der Waals surface area (Å²) in [4.78, 5) is 17.1. The third-order valence-corrected chi connectivity index (χ3v) is 4.37. The highest BCUT2D eigenvalue weighted by Crippen LogP contribution is 2.18.